The van der Waals surface area contributed by atoms with Crippen LogP contribution in [0.5, 0.6) is 0 Å². The molecule has 1 amide bonds. The molecule has 0 unspecified atom stereocenters. The second-order valence-electron chi connectivity index (χ2n) is 6.38. The first-order valence-electron chi connectivity index (χ1n) is 7.60. The van der Waals surface area contributed by atoms with Crippen LogP contribution in [0.4, 0.5) is 0 Å². The van der Waals surface area contributed by atoms with E-state index in [2.05, 4.69) is 49.0 Å². The molecule has 21 heavy (non-hydrogen) atoms. The standard InChI is InChI=1S/C17H25N3O/c1-11(2)8-16(21)18-10-13-6-7-15-14(9-13)19-17(12(3)4)20(15)5/h6-7,9,11-12H,8,10H2,1-5H3,(H,18,21). The van der Waals surface area contributed by atoms with Crippen molar-refractivity contribution in [2.45, 2.75) is 46.6 Å². The zero-order chi connectivity index (χ0) is 15.6. The maximum atomic E-state index is 11.7. The molecule has 0 spiro atoms. The number of nitrogens with one attached hydrogen (secondary N) is 1. The molecule has 0 radical (unpaired) electrons. The van der Waals surface area contributed by atoms with Crippen molar-refractivity contribution in [3.63, 3.8) is 0 Å². The van der Waals surface area contributed by atoms with E-state index in [0.717, 1.165) is 22.4 Å². The SMILES string of the molecule is CC(C)CC(=O)NCc1ccc2c(c1)nc(C(C)C)n2C. The zero-order valence-corrected chi connectivity index (χ0v) is 13.6. The van der Waals surface area contributed by atoms with Gasteiger partial charge in [-0.15, -0.1) is 0 Å². The maximum Gasteiger partial charge on any atom is 0.220 e. The van der Waals surface area contributed by atoms with Crippen LogP contribution < -0.4 is 5.32 Å². The highest BCUT2D eigenvalue weighted by atomic mass is 16.1. The van der Waals surface area contributed by atoms with Crippen molar-refractivity contribution in [2.75, 3.05) is 0 Å². The molecule has 1 aromatic heterocycles. The van der Waals surface area contributed by atoms with Gasteiger partial charge in [0.2, 0.25) is 5.91 Å². The second kappa shape index (κ2) is 6.29. The lowest BCUT2D eigenvalue weighted by molar-refractivity contribution is -0.121. The molecule has 0 aliphatic heterocycles. The lowest BCUT2D eigenvalue weighted by Crippen LogP contribution is -2.23. The van der Waals surface area contributed by atoms with Gasteiger partial charge < -0.3 is 9.88 Å². The molecule has 1 heterocycles. The van der Waals surface area contributed by atoms with Crippen molar-refractivity contribution in [3.05, 3.63) is 29.6 Å². The number of rotatable bonds is 5. The Morgan fingerprint density at radius 3 is 2.62 bits per heavy atom. The highest BCUT2D eigenvalue weighted by Gasteiger charge is 2.11. The Hall–Kier alpha value is -1.84. The van der Waals surface area contributed by atoms with E-state index in [1.807, 2.05) is 13.8 Å². The monoisotopic (exact) mass is 287 g/mol. The number of fused-ring (bicyclic) bond motifs is 1. The van der Waals surface area contributed by atoms with E-state index in [0.29, 0.717) is 24.8 Å². The van der Waals surface area contributed by atoms with Gasteiger partial charge in [-0.3, -0.25) is 4.79 Å². The van der Waals surface area contributed by atoms with E-state index in [4.69, 9.17) is 4.98 Å². The van der Waals surface area contributed by atoms with Gasteiger partial charge in [-0.25, -0.2) is 4.98 Å². The quantitative estimate of drug-likeness (QED) is 0.916. The Balaban J connectivity index is 2.14. The van der Waals surface area contributed by atoms with Crippen LogP contribution in [0.15, 0.2) is 18.2 Å². The fraction of sp³-hybridized carbons (Fsp3) is 0.529. The number of carbonyl (C=O) groups is 1. The van der Waals surface area contributed by atoms with E-state index in [1.54, 1.807) is 0 Å². The lowest BCUT2D eigenvalue weighted by Gasteiger charge is -2.07. The molecule has 2 rings (SSSR count). The number of hydrogen-bond donors (Lipinski definition) is 1. The van der Waals surface area contributed by atoms with E-state index in [1.165, 1.54) is 0 Å². The van der Waals surface area contributed by atoms with Crippen LogP contribution in [0.2, 0.25) is 0 Å². The maximum absolute atomic E-state index is 11.7. The number of carbonyl (C=O) groups excluding carboxylic acids is 1. The summed E-state index contributed by atoms with van der Waals surface area (Å²) >= 11 is 0. The Morgan fingerprint density at radius 2 is 2.00 bits per heavy atom. The number of amides is 1. The van der Waals surface area contributed by atoms with Crippen molar-refractivity contribution in [3.8, 4) is 0 Å². The number of aryl methyl sites for hydroxylation is 1. The van der Waals surface area contributed by atoms with Crippen LogP contribution in [0.3, 0.4) is 0 Å². The van der Waals surface area contributed by atoms with Gasteiger partial charge in [-0.1, -0.05) is 33.8 Å². The number of hydrogen-bond acceptors (Lipinski definition) is 2. The van der Waals surface area contributed by atoms with Crippen LogP contribution in [-0.4, -0.2) is 15.5 Å². The topological polar surface area (TPSA) is 46.9 Å². The van der Waals surface area contributed by atoms with Crippen molar-refractivity contribution in [2.24, 2.45) is 13.0 Å². The molecule has 1 N–H and O–H groups in total. The predicted octanol–water partition coefficient (Wildman–Crippen LogP) is 3.36. The Morgan fingerprint density at radius 1 is 1.29 bits per heavy atom. The summed E-state index contributed by atoms with van der Waals surface area (Å²) in [6, 6.07) is 6.21. The Bertz CT molecular complexity index is 641. The summed E-state index contributed by atoms with van der Waals surface area (Å²) in [6.45, 7) is 8.96. The first-order valence-corrected chi connectivity index (χ1v) is 7.60. The fourth-order valence-electron chi connectivity index (χ4n) is 2.53. The average Bonchev–Trinajstić information content (AvgIpc) is 2.73. The first-order chi connectivity index (χ1) is 9.88. The molecule has 1 aromatic carbocycles. The van der Waals surface area contributed by atoms with Gasteiger partial charge in [0.05, 0.1) is 11.0 Å². The largest absolute Gasteiger partial charge is 0.352 e. The fourth-order valence-corrected chi connectivity index (χ4v) is 2.53. The van der Waals surface area contributed by atoms with Crippen LogP contribution in [0.1, 0.15) is 51.4 Å². The number of aromatic nitrogens is 2. The summed E-state index contributed by atoms with van der Waals surface area (Å²) in [4.78, 5) is 16.4. The van der Waals surface area contributed by atoms with Crippen molar-refractivity contribution in [1.29, 1.82) is 0 Å². The number of imidazole rings is 1. The molecule has 0 atom stereocenters. The summed E-state index contributed by atoms with van der Waals surface area (Å²) < 4.78 is 2.14. The van der Waals surface area contributed by atoms with Crippen LogP contribution in [0, 0.1) is 5.92 Å². The third kappa shape index (κ3) is 3.63. The molecule has 0 aliphatic rings. The molecule has 2 aromatic rings. The van der Waals surface area contributed by atoms with Crippen LogP contribution in [-0.2, 0) is 18.4 Å². The Labute approximate surface area is 126 Å². The van der Waals surface area contributed by atoms with Gasteiger partial charge in [0.15, 0.2) is 0 Å². The third-order valence-electron chi connectivity index (χ3n) is 3.58. The zero-order valence-electron chi connectivity index (χ0n) is 13.6. The van der Waals surface area contributed by atoms with E-state index in [9.17, 15) is 4.79 Å². The molecule has 0 bridgehead atoms. The van der Waals surface area contributed by atoms with Gasteiger partial charge in [0, 0.05) is 25.9 Å². The minimum absolute atomic E-state index is 0.106. The van der Waals surface area contributed by atoms with E-state index >= 15 is 0 Å². The second-order valence-corrected chi connectivity index (χ2v) is 6.38. The van der Waals surface area contributed by atoms with E-state index in [-0.39, 0.29) is 5.91 Å². The van der Waals surface area contributed by atoms with Crippen molar-refractivity contribution >= 4 is 16.9 Å². The number of benzene rings is 1. The van der Waals surface area contributed by atoms with Gasteiger partial charge in [-0.2, -0.15) is 0 Å². The summed E-state index contributed by atoms with van der Waals surface area (Å²) in [5, 5.41) is 2.97. The number of nitrogens with zero attached hydrogens (tertiary/aromatic N) is 2. The molecule has 4 nitrogen and oxygen atoms in total. The molecule has 4 heteroatoms. The third-order valence-corrected chi connectivity index (χ3v) is 3.58. The van der Waals surface area contributed by atoms with E-state index < -0.39 is 0 Å². The van der Waals surface area contributed by atoms with Gasteiger partial charge >= 0.3 is 0 Å². The lowest BCUT2D eigenvalue weighted by atomic mass is 10.1. The van der Waals surface area contributed by atoms with Gasteiger partial charge in [-0.05, 0) is 23.6 Å². The summed E-state index contributed by atoms with van der Waals surface area (Å²) in [5.41, 5.74) is 3.22. The highest BCUT2D eigenvalue weighted by molar-refractivity contribution is 5.78. The summed E-state index contributed by atoms with van der Waals surface area (Å²) in [6.07, 6.45) is 0.573. The molecule has 0 fully saturated rings. The van der Waals surface area contributed by atoms with Crippen LogP contribution in [0.25, 0.3) is 11.0 Å². The van der Waals surface area contributed by atoms with Crippen molar-refractivity contribution in [1.82, 2.24) is 14.9 Å². The minimum Gasteiger partial charge on any atom is -0.352 e. The average molecular weight is 287 g/mol. The van der Waals surface area contributed by atoms with Gasteiger partial charge in [0.25, 0.3) is 0 Å². The normalized spacial score (nSPS) is 11.6. The molecular weight excluding hydrogens is 262 g/mol. The smallest absolute Gasteiger partial charge is 0.220 e. The summed E-state index contributed by atoms with van der Waals surface area (Å²) in [5.74, 6) is 1.98. The molecule has 0 saturated heterocycles. The minimum atomic E-state index is 0.106. The predicted molar refractivity (Wildman–Crippen MR) is 86.1 cm³/mol. The molecule has 114 valence electrons. The first kappa shape index (κ1) is 15.5. The van der Waals surface area contributed by atoms with Crippen LogP contribution >= 0.6 is 0 Å². The molecular formula is C17H25N3O. The Kier molecular flexibility index (Phi) is 4.66. The summed E-state index contributed by atoms with van der Waals surface area (Å²) in [7, 11) is 2.05. The van der Waals surface area contributed by atoms with Crippen molar-refractivity contribution < 1.29 is 4.79 Å². The highest BCUT2D eigenvalue weighted by Crippen LogP contribution is 2.21. The molecule has 0 aliphatic carbocycles. The van der Waals surface area contributed by atoms with Gasteiger partial charge in [0.1, 0.15) is 5.82 Å². The molecule has 0 saturated carbocycles.